The second-order valence-corrected chi connectivity index (χ2v) is 7.72. The van der Waals surface area contributed by atoms with Crippen molar-refractivity contribution >= 4 is 39.0 Å². The molecular formula is C21H21BrN4O3S. The second-order valence-electron chi connectivity index (χ2n) is 6.03. The molecule has 0 atom stereocenters. The highest BCUT2D eigenvalue weighted by atomic mass is 79.9. The Morgan fingerprint density at radius 2 is 1.97 bits per heavy atom. The predicted molar refractivity (Wildman–Crippen MR) is 123 cm³/mol. The molecule has 0 bridgehead atoms. The number of carbonyl (C=O) groups is 1. The smallest absolute Gasteiger partial charge is 0.339 e. The molecule has 2 N–H and O–H groups in total. The Bertz CT molecular complexity index is 1110. The summed E-state index contributed by atoms with van der Waals surface area (Å²) in [5.41, 5.74) is 4.96. The fourth-order valence-electron chi connectivity index (χ4n) is 2.78. The lowest BCUT2D eigenvalue weighted by atomic mass is 10.1. The van der Waals surface area contributed by atoms with Crippen molar-refractivity contribution in [1.29, 1.82) is 0 Å². The highest BCUT2D eigenvalue weighted by Gasteiger charge is 2.16. The van der Waals surface area contributed by atoms with Crippen molar-refractivity contribution in [3.05, 3.63) is 69.8 Å². The number of allylic oxidation sites excluding steroid dienone is 1. The molecule has 0 spiro atoms. The third-order valence-electron chi connectivity index (χ3n) is 4.14. The van der Waals surface area contributed by atoms with Crippen molar-refractivity contribution in [2.75, 3.05) is 19.5 Å². The fourth-order valence-corrected chi connectivity index (χ4v) is 4.15. The van der Waals surface area contributed by atoms with Crippen LogP contribution in [0.3, 0.4) is 0 Å². The van der Waals surface area contributed by atoms with Gasteiger partial charge in [-0.25, -0.2) is 10.2 Å². The average Bonchev–Trinajstić information content (AvgIpc) is 3.15. The van der Waals surface area contributed by atoms with Crippen LogP contribution >= 0.6 is 27.3 Å². The van der Waals surface area contributed by atoms with Crippen molar-refractivity contribution in [2.45, 2.75) is 6.54 Å². The van der Waals surface area contributed by atoms with E-state index in [1.165, 1.54) is 11.3 Å². The molecule has 9 heteroatoms. The molecule has 3 rings (SSSR count). The first-order valence-electron chi connectivity index (χ1n) is 8.94. The summed E-state index contributed by atoms with van der Waals surface area (Å²) in [6, 6.07) is 12.5. The zero-order valence-electron chi connectivity index (χ0n) is 16.5. The Morgan fingerprint density at radius 1 is 1.23 bits per heavy atom. The highest BCUT2D eigenvalue weighted by molar-refractivity contribution is 9.10. The number of rotatable bonds is 7. The molecule has 0 aliphatic heterocycles. The molecule has 0 unspecified atom stereocenters. The van der Waals surface area contributed by atoms with Gasteiger partial charge in [-0.2, -0.15) is 0 Å². The van der Waals surface area contributed by atoms with Crippen LogP contribution in [0.5, 0.6) is 11.5 Å². The van der Waals surface area contributed by atoms with Gasteiger partial charge in [0, 0.05) is 29.2 Å². The van der Waals surface area contributed by atoms with Crippen LogP contribution in [0.4, 0.5) is 10.5 Å². The molecule has 2 aromatic carbocycles. The van der Waals surface area contributed by atoms with Gasteiger partial charge in [0.25, 0.3) is 0 Å². The normalized spacial score (nSPS) is 11.1. The van der Waals surface area contributed by atoms with E-state index in [0.29, 0.717) is 28.5 Å². The van der Waals surface area contributed by atoms with E-state index in [0.717, 1.165) is 15.7 Å². The Morgan fingerprint density at radius 3 is 2.63 bits per heavy atom. The summed E-state index contributed by atoms with van der Waals surface area (Å²) >= 11 is 4.92. The minimum atomic E-state index is -0.425. The standard InChI is InChI=1S/C21H21BrN4O3S/c1-4-10-26-17(15-11-16(22)19(29-3)12-18(15)28-2)13-30-21(26)25-24-20(27)23-14-8-6-5-7-9-14/h4-9,11-13H,1,10H2,2-3H3,(H2,23,24,27)/b25-21-. The maximum Gasteiger partial charge on any atom is 0.339 e. The van der Waals surface area contributed by atoms with Crippen LogP contribution in [0.1, 0.15) is 0 Å². The van der Waals surface area contributed by atoms with Gasteiger partial charge in [-0.3, -0.25) is 0 Å². The quantitative estimate of drug-likeness (QED) is 0.369. The third-order valence-corrected chi connectivity index (χ3v) is 5.63. The van der Waals surface area contributed by atoms with Crippen LogP contribution in [-0.4, -0.2) is 24.8 Å². The molecule has 0 saturated heterocycles. The van der Waals surface area contributed by atoms with Crippen LogP contribution in [-0.2, 0) is 6.54 Å². The minimum absolute atomic E-state index is 0.425. The summed E-state index contributed by atoms with van der Waals surface area (Å²) in [4.78, 5) is 12.8. The van der Waals surface area contributed by atoms with E-state index >= 15 is 0 Å². The number of halogens is 1. The molecule has 2 amide bonds. The van der Waals surface area contributed by atoms with E-state index in [-0.39, 0.29) is 0 Å². The number of thiazole rings is 1. The lowest BCUT2D eigenvalue weighted by Crippen LogP contribution is -2.28. The van der Waals surface area contributed by atoms with E-state index in [1.807, 2.05) is 40.3 Å². The first kappa shape index (κ1) is 21.7. The Hall–Kier alpha value is -3.04. The van der Waals surface area contributed by atoms with Gasteiger partial charge in [0.1, 0.15) is 11.5 Å². The molecule has 156 valence electrons. The number of nitrogens with zero attached hydrogens (tertiary/aromatic N) is 2. The van der Waals surface area contributed by atoms with Crippen molar-refractivity contribution in [3.8, 4) is 22.8 Å². The summed E-state index contributed by atoms with van der Waals surface area (Å²) in [7, 11) is 3.21. The summed E-state index contributed by atoms with van der Waals surface area (Å²) in [5.74, 6) is 1.33. The van der Waals surface area contributed by atoms with Gasteiger partial charge in [0.05, 0.1) is 24.4 Å². The lowest BCUT2D eigenvalue weighted by molar-refractivity contribution is 0.252. The largest absolute Gasteiger partial charge is 0.496 e. The van der Waals surface area contributed by atoms with Gasteiger partial charge >= 0.3 is 6.03 Å². The SMILES string of the molecule is C=CCn1c(-c2cc(Br)c(OC)cc2OC)cs/c1=N\NC(=O)Nc1ccccc1. The highest BCUT2D eigenvalue weighted by Crippen LogP contribution is 2.38. The second kappa shape index (κ2) is 10.1. The molecule has 0 saturated carbocycles. The number of amides is 2. The van der Waals surface area contributed by atoms with Crippen molar-refractivity contribution in [2.24, 2.45) is 5.10 Å². The number of benzene rings is 2. The van der Waals surface area contributed by atoms with Crippen LogP contribution in [0, 0.1) is 0 Å². The Kier molecular flexibility index (Phi) is 7.31. The van der Waals surface area contributed by atoms with E-state index in [1.54, 1.807) is 32.4 Å². The number of nitrogens with one attached hydrogen (secondary N) is 2. The van der Waals surface area contributed by atoms with Crippen molar-refractivity contribution < 1.29 is 14.3 Å². The number of aromatic nitrogens is 1. The van der Waals surface area contributed by atoms with Gasteiger partial charge in [-0.1, -0.05) is 24.3 Å². The molecule has 30 heavy (non-hydrogen) atoms. The molecule has 1 heterocycles. The third kappa shape index (κ3) is 4.92. The summed E-state index contributed by atoms with van der Waals surface area (Å²) in [6.07, 6.45) is 1.77. The van der Waals surface area contributed by atoms with E-state index in [9.17, 15) is 4.79 Å². The van der Waals surface area contributed by atoms with Crippen LogP contribution < -0.4 is 25.0 Å². The number of ether oxygens (including phenoxy) is 2. The van der Waals surface area contributed by atoms with Crippen molar-refractivity contribution in [3.63, 3.8) is 0 Å². The molecule has 0 aliphatic carbocycles. The van der Waals surface area contributed by atoms with Gasteiger partial charge in [-0.15, -0.1) is 23.0 Å². The number of methoxy groups -OCH3 is 2. The summed E-state index contributed by atoms with van der Waals surface area (Å²) in [6.45, 7) is 4.34. The molecule has 0 radical (unpaired) electrons. The van der Waals surface area contributed by atoms with Gasteiger partial charge in [0.2, 0.25) is 4.80 Å². The molecule has 0 aliphatic rings. The Balaban J connectivity index is 1.94. The first-order valence-corrected chi connectivity index (χ1v) is 10.6. The summed E-state index contributed by atoms with van der Waals surface area (Å²) in [5, 5.41) is 8.96. The van der Waals surface area contributed by atoms with Gasteiger partial charge in [-0.05, 0) is 34.1 Å². The lowest BCUT2D eigenvalue weighted by Gasteiger charge is -2.14. The van der Waals surface area contributed by atoms with Gasteiger partial charge in [0.15, 0.2) is 0 Å². The number of hydrogen-bond acceptors (Lipinski definition) is 5. The first-order chi connectivity index (χ1) is 14.6. The van der Waals surface area contributed by atoms with E-state index in [2.05, 4.69) is 38.4 Å². The van der Waals surface area contributed by atoms with Crippen LogP contribution in [0.25, 0.3) is 11.3 Å². The Labute approximate surface area is 186 Å². The molecule has 1 aromatic heterocycles. The number of para-hydroxylation sites is 1. The molecular weight excluding hydrogens is 468 g/mol. The number of hydrogen-bond donors (Lipinski definition) is 2. The number of urea groups is 1. The molecule has 3 aromatic rings. The van der Waals surface area contributed by atoms with E-state index in [4.69, 9.17) is 9.47 Å². The topological polar surface area (TPSA) is 76.9 Å². The fraction of sp³-hybridized carbons (Fsp3) is 0.143. The molecule has 0 fully saturated rings. The number of anilines is 1. The average molecular weight is 489 g/mol. The van der Waals surface area contributed by atoms with E-state index < -0.39 is 6.03 Å². The van der Waals surface area contributed by atoms with Gasteiger partial charge < -0.3 is 19.4 Å². The monoisotopic (exact) mass is 488 g/mol. The molecule has 7 nitrogen and oxygen atoms in total. The zero-order valence-corrected chi connectivity index (χ0v) is 18.9. The summed E-state index contributed by atoms with van der Waals surface area (Å²) < 4.78 is 13.7. The number of carbonyl (C=O) groups excluding carboxylic acids is 1. The maximum absolute atomic E-state index is 12.2. The maximum atomic E-state index is 12.2. The predicted octanol–water partition coefficient (Wildman–Crippen LogP) is 4.82. The zero-order chi connectivity index (χ0) is 21.5. The van der Waals surface area contributed by atoms with Crippen LogP contribution in [0.2, 0.25) is 0 Å². The van der Waals surface area contributed by atoms with Crippen molar-refractivity contribution in [1.82, 2.24) is 9.99 Å². The minimum Gasteiger partial charge on any atom is -0.496 e. The van der Waals surface area contributed by atoms with Crippen LogP contribution in [0.15, 0.2) is 70.1 Å².